The van der Waals surface area contributed by atoms with Gasteiger partial charge in [-0.2, -0.15) is 0 Å². The van der Waals surface area contributed by atoms with Crippen molar-refractivity contribution in [3.8, 4) is 17.0 Å². The zero-order valence-corrected chi connectivity index (χ0v) is 11.2. The molecule has 1 fully saturated rings. The van der Waals surface area contributed by atoms with E-state index < -0.39 is 0 Å². The fraction of sp³-hybridized carbons (Fsp3) is 0.467. The van der Waals surface area contributed by atoms with Crippen LogP contribution in [-0.2, 0) is 0 Å². The van der Waals surface area contributed by atoms with Crippen LogP contribution in [-0.4, -0.2) is 22.1 Å². The Morgan fingerprint density at radius 2 is 1.84 bits per heavy atom. The molecule has 1 aliphatic rings. The normalized spacial score (nSPS) is 16.5. The zero-order chi connectivity index (χ0) is 13.1. The van der Waals surface area contributed by atoms with E-state index >= 15 is 0 Å². The quantitative estimate of drug-likeness (QED) is 0.845. The van der Waals surface area contributed by atoms with Crippen LogP contribution < -0.4 is 4.74 Å². The Bertz CT molecular complexity index is 527. The first-order valence-corrected chi connectivity index (χ1v) is 6.93. The lowest BCUT2D eigenvalue weighted by Crippen LogP contribution is -2.13. The second-order valence-corrected chi connectivity index (χ2v) is 5.10. The number of rotatable bonds is 3. The lowest BCUT2D eigenvalue weighted by Gasteiger charge is -2.20. The van der Waals surface area contributed by atoms with E-state index in [1.165, 1.54) is 32.1 Å². The molecule has 1 saturated carbocycles. The number of benzene rings is 1. The Labute approximate surface area is 113 Å². The van der Waals surface area contributed by atoms with Gasteiger partial charge in [-0.25, -0.2) is 4.68 Å². The first kappa shape index (κ1) is 12.2. The highest BCUT2D eigenvalue weighted by atomic mass is 16.5. The summed E-state index contributed by atoms with van der Waals surface area (Å²) in [5, 5.41) is 8.58. The van der Waals surface area contributed by atoms with Gasteiger partial charge in [0.2, 0.25) is 0 Å². The first-order valence-electron chi connectivity index (χ1n) is 6.93. The molecular formula is C15H19N3O. The van der Waals surface area contributed by atoms with Gasteiger partial charge in [0.1, 0.15) is 11.4 Å². The van der Waals surface area contributed by atoms with Crippen LogP contribution in [0.5, 0.6) is 5.75 Å². The number of aromatic nitrogens is 3. The maximum atomic E-state index is 5.16. The van der Waals surface area contributed by atoms with Gasteiger partial charge in [0, 0.05) is 5.56 Å². The molecule has 0 spiro atoms. The molecule has 1 aliphatic carbocycles. The van der Waals surface area contributed by atoms with Crippen LogP contribution in [0.4, 0.5) is 0 Å². The number of methoxy groups -OCH3 is 1. The van der Waals surface area contributed by atoms with E-state index in [1.807, 2.05) is 28.9 Å². The number of ether oxygens (including phenoxy) is 1. The summed E-state index contributed by atoms with van der Waals surface area (Å²) in [5.74, 6) is 0.864. The Kier molecular flexibility index (Phi) is 3.49. The molecule has 4 heteroatoms. The number of hydrogen-bond acceptors (Lipinski definition) is 3. The predicted octanol–water partition coefficient (Wildman–Crippen LogP) is 3.46. The summed E-state index contributed by atoms with van der Waals surface area (Å²) in [6, 6.07) is 8.49. The third-order valence-corrected chi connectivity index (χ3v) is 3.84. The van der Waals surface area contributed by atoms with Crippen molar-refractivity contribution in [2.24, 2.45) is 0 Å². The fourth-order valence-electron chi connectivity index (χ4n) is 2.69. The highest BCUT2D eigenvalue weighted by Crippen LogP contribution is 2.28. The molecule has 0 saturated heterocycles. The Morgan fingerprint density at radius 1 is 1.11 bits per heavy atom. The van der Waals surface area contributed by atoms with Crippen molar-refractivity contribution in [2.45, 2.75) is 38.1 Å². The average Bonchev–Trinajstić information content (AvgIpc) is 2.98. The van der Waals surface area contributed by atoms with Crippen LogP contribution in [0.3, 0.4) is 0 Å². The van der Waals surface area contributed by atoms with Crippen LogP contribution in [0.15, 0.2) is 30.5 Å². The standard InChI is InChI=1S/C15H19N3O/c1-19-14-9-7-12(8-10-14)15-11-18(17-16-15)13-5-3-2-4-6-13/h7-11,13H,2-6H2,1H3. The Morgan fingerprint density at radius 3 is 2.53 bits per heavy atom. The molecule has 0 radical (unpaired) electrons. The smallest absolute Gasteiger partial charge is 0.118 e. The van der Waals surface area contributed by atoms with E-state index in [0.717, 1.165) is 17.0 Å². The molecule has 0 bridgehead atoms. The summed E-state index contributed by atoms with van der Waals surface area (Å²) >= 11 is 0. The monoisotopic (exact) mass is 257 g/mol. The summed E-state index contributed by atoms with van der Waals surface area (Å²) in [4.78, 5) is 0. The molecule has 0 amide bonds. The zero-order valence-electron chi connectivity index (χ0n) is 11.2. The molecule has 19 heavy (non-hydrogen) atoms. The van der Waals surface area contributed by atoms with E-state index in [-0.39, 0.29) is 0 Å². The van der Waals surface area contributed by atoms with E-state index in [1.54, 1.807) is 7.11 Å². The third kappa shape index (κ3) is 2.62. The summed E-state index contributed by atoms with van der Waals surface area (Å²) in [6.07, 6.45) is 8.50. The van der Waals surface area contributed by atoms with Crippen molar-refractivity contribution in [1.29, 1.82) is 0 Å². The summed E-state index contributed by atoms with van der Waals surface area (Å²) < 4.78 is 7.20. The minimum Gasteiger partial charge on any atom is -0.497 e. The van der Waals surface area contributed by atoms with Crippen LogP contribution in [0.1, 0.15) is 38.1 Å². The van der Waals surface area contributed by atoms with Crippen LogP contribution in [0.25, 0.3) is 11.3 Å². The van der Waals surface area contributed by atoms with Gasteiger partial charge in [-0.3, -0.25) is 0 Å². The van der Waals surface area contributed by atoms with Crippen molar-refractivity contribution in [1.82, 2.24) is 15.0 Å². The molecule has 0 N–H and O–H groups in total. The van der Waals surface area contributed by atoms with E-state index in [0.29, 0.717) is 6.04 Å². The highest BCUT2D eigenvalue weighted by molar-refractivity contribution is 5.58. The molecule has 1 heterocycles. The number of hydrogen-bond donors (Lipinski definition) is 0. The van der Waals surface area contributed by atoms with Gasteiger partial charge >= 0.3 is 0 Å². The van der Waals surface area contributed by atoms with Gasteiger partial charge in [0.15, 0.2) is 0 Å². The Hall–Kier alpha value is -1.84. The SMILES string of the molecule is COc1ccc(-c2cn(C3CCCCC3)nn2)cc1. The molecule has 2 aromatic rings. The maximum Gasteiger partial charge on any atom is 0.118 e. The van der Waals surface area contributed by atoms with Crippen LogP contribution in [0.2, 0.25) is 0 Å². The molecule has 0 unspecified atom stereocenters. The predicted molar refractivity (Wildman–Crippen MR) is 74.1 cm³/mol. The highest BCUT2D eigenvalue weighted by Gasteiger charge is 2.17. The van der Waals surface area contributed by atoms with Gasteiger partial charge in [-0.05, 0) is 37.1 Å². The molecule has 0 atom stereocenters. The third-order valence-electron chi connectivity index (χ3n) is 3.84. The second kappa shape index (κ2) is 5.43. The lowest BCUT2D eigenvalue weighted by atomic mass is 9.96. The van der Waals surface area contributed by atoms with E-state index in [2.05, 4.69) is 16.5 Å². The van der Waals surface area contributed by atoms with Crippen molar-refractivity contribution in [2.75, 3.05) is 7.11 Å². The molecule has 1 aromatic carbocycles. The molecule has 4 nitrogen and oxygen atoms in total. The minimum absolute atomic E-state index is 0.535. The van der Waals surface area contributed by atoms with Crippen molar-refractivity contribution >= 4 is 0 Å². The van der Waals surface area contributed by atoms with Gasteiger partial charge in [0.25, 0.3) is 0 Å². The maximum absolute atomic E-state index is 5.16. The molecule has 1 aromatic heterocycles. The minimum atomic E-state index is 0.535. The van der Waals surface area contributed by atoms with Crippen LogP contribution in [0, 0.1) is 0 Å². The van der Waals surface area contributed by atoms with E-state index in [9.17, 15) is 0 Å². The van der Waals surface area contributed by atoms with Crippen LogP contribution >= 0.6 is 0 Å². The lowest BCUT2D eigenvalue weighted by molar-refractivity contribution is 0.324. The number of nitrogens with zero attached hydrogens (tertiary/aromatic N) is 3. The summed E-state index contributed by atoms with van der Waals surface area (Å²) in [7, 11) is 1.67. The van der Waals surface area contributed by atoms with Gasteiger partial charge in [-0.1, -0.05) is 24.5 Å². The first-order chi connectivity index (χ1) is 9.36. The van der Waals surface area contributed by atoms with E-state index in [4.69, 9.17) is 4.74 Å². The van der Waals surface area contributed by atoms with Crippen molar-refractivity contribution in [3.63, 3.8) is 0 Å². The molecule has 100 valence electrons. The van der Waals surface area contributed by atoms with Crippen molar-refractivity contribution < 1.29 is 4.74 Å². The molecular weight excluding hydrogens is 238 g/mol. The largest absolute Gasteiger partial charge is 0.497 e. The average molecular weight is 257 g/mol. The summed E-state index contributed by atoms with van der Waals surface area (Å²) in [6.45, 7) is 0. The van der Waals surface area contributed by atoms with Gasteiger partial charge < -0.3 is 4.74 Å². The molecule has 0 aliphatic heterocycles. The second-order valence-electron chi connectivity index (χ2n) is 5.10. The molecule has 3 rings (SSSR count). The van der Waals surface area contributed by atoms with Gasteiger partial charge in [0.05, 0.1) is 19.3 Å². The Balaban J connectivity index is 1.79. The topological polar surface area (TPSA) is 39.9 Å². The summed E-state index contributed by atoms with van der Waals surface area (Å²) in [5.41, 5.74) is 2.02. The van der Waals surface area contributed by atoms with Gasteiger partial charge in [-0.15, -0.1) is 5.10 Å². The van der Waals surface area contributed by atoms with Crippen molar-refractivity contribution in [3.05, 3.63) is 30.5 Å². The fourth-order valence-corrected chi connectivity index (χ4v) is 2.69.